The second-order valence-corrected chi connectivity index (χ2v) is 9.05. The molecule has 3 aromatic carbocycles. The zero-order valence-electron chi connectivity index (χ0n) is 20.5. The summed E-state index contributed by atoms with van der Waals surface area (Å²) in [5.41, 5.74) is 4.95. The molecule has 0 fully saturated rings. The first-order valence-electron chi connectivity index (χ1n) is 11.7. The van der Waals surface area contributed by atoms with Gasteiger partial charge in [0.05, 0.1) is 23.4 Å². The summed E-state index contributed by atoms with van der Waals surface area (Å²) in [4.78, 5) is 38.3. The molecule has 37 heavy (non-hydrogen) atoms. The van der Waals surface area contributed by atoms with E-state index in [4.69, 9.17) is 11.6 Å². The zero-order valence-corrected chi connectivity index (χ0v) is 21.2. The van der Waals surface area contributed by atoms with Gasteiger partial charge in [0.25, 0.3) is 5.91 Å². The second-order valence-electron chi connectivity index (χ2n) is 8.61. The molecule has 0 bridgehead atoms. The van der Waals surface area contributed by atoms with Gasteiger partial charge in [-0.3, -0.25) is 14.4 Å². The summed E-state index contributed by atoms with van der Waals surface area (Å²) in [7, 11) is 1.83. The third-order valence-corrected chi connectivity index (χ3v) is 6.20. The number of aliphatic carboxylic acids is 1. The highest BCUT2D eigenvalue weighted by atomic mass is 35.5. The third kappa shape index (κ3) is 5.99. The van der Waals surface area contributed by atoms with Crippen molar-refractivity contribution >= 4 is 57.7 Å². The average molecular weight is 519 g/mol. The summed E-state index contributed by atoms with van der Waals surface area (Å²) in [6.07, 6.45) is -0.142. The first kappa shape index (κ1) is 25.9. The van der Waals surface area contributed by atoms with Crippen LogP contribution in [0.25, 0.3) is 11.3 Å². The topological polar surface area (TPSA) is 111 Å². The molecule has 4 N–H and O–H groups in total. The molecule has 9 heteroatoms. The van der Waals surface area contributed by atoms with Gasteiger partial charge in [-0.05, 0) is 60.6 Å². The van der Waals surface area contributed by atoms with Crippen LogP contribution in [-0.4, -0.2) is 43.0 Å². The number of amides is 2. The quantitative estimate of drug-likeness (QED) is 0.311. The Balaban J connectivity index is 1.77. The molecule has 0 aliphatic carbocycles. The SMILES string of the molecule is CNCCN(C(C)=O)c1ccc(N/C(=C2\C(=O)Nc3cc(Cl)ccc32)c2cccc(CC(=O)O)c2)cc1. The maximum absolute atomic E-state index is 13.1. The molecule has 0 spiro atoms. The Bertz CT molecular complexity index is 1390. The summed E-state index contributed by atoms with van der Waals surface area (Å²) in [5, 5.41) is 19.0. The number of carbonyl (C=O) groups excluding carboxylic acids is 2. The monoisotopic (exact) mass is 518 g/mol. The van der Waals surface area contributed by atoms with Gasteiger partial charge in [0.2, 0.25) is 5.91 Å². The fraction of sp³-hybridized carbons (Fsp3) is 0.179. The number of nitrogens with one attached hydrogen (secondary N) is 3. The van der Waals surface area contributed by atoms with Crippen LogP contribution < -0.4 is 20.9 Å². The summed E-state index contributed by atoms with van der Waals surface area (Å²) in [6, 6.07) is 19.6. The molecular formula is C28H27ClN4O4. The van der Waals surface area contributed by atoms with Gasteiger partial charge < -0.3 is 26.0 Å². The van der Waals surface area contributed by atoms with E-state index in [0.717, 1.165) is 5.69 Å². The minimum atomic E-state index is -0.943. The van der Waals surface area contributed by atoms with E-state index in [2.05, 4.69) is 16.0 Å². The van der Waals surface area contributed by atoms with Gasteiger partial charge in [0.1, 0.15) is 0 Å². The standard InChI is InChI=1S/C28H27ClN4O4/c1-17(34)33(13-12-30-2)22-9-7-21(8-10-22)31-27(19-5-3-4-18(14-19)15-25(35)36)26-23-11-6-20(29)16-24(23)32-28(26)37/h3-11,14,16,30-31H,12-13,15H2,1-2H3,(H,32,37)(H,35,36)/b27-26-. The third-order valence-electron chi connectivity index (χ3n) is 5.96. The van der Waals surface area contributed by atoms with Crippen molar-refractivity contribution in [2.24, 2.45) is 0 Å². The minimum Gasteiger partial charge on any atom is -0.481 e. The van der Waals surface area contributed by atoms with Crippen LogP contribution in [0.4, 0.5) is 17.1 Å². The predicted molar refractivity (Wildman–Crippen MR) is 147 cm³/mol. The lowest BCUT2D eigenvalue weighted by molar-refractivity contribution is -0.136. The number of likely N-dealkylation sites (N-methyl/N-ethyl adjacent to an activating group) is 1. The molecule has 4 rings (SSSR count). The summed E-state index contributed by atoms with van der Waals surface area (Å²) in [6.45, 7) is 2.71. The van der Waals surface area contributed by atoms with Crippen molar-refractivity contribution < 1.29 is 19.5 Å². The van der Waals surface area contributed by atoms with Gasteiger partial charge in [-0.1, -0.05) is 35.9 Å². The maximum Gasteiger partial charge on any atom is 0.307 e. The molecule has 1 heterocycles. The number of hydrogen-bond donors (Lipinski definition) is 4. The molecule has 1 aliphatic rings. The molecule has 1 aliphatic heterocycles. The molecule has 2 amide bonds. The van der Waals surface area contributed by atoms with Crippen LogP contribution in [-0.2, 0) is 20.8 Å². The fourth-order valence-corrected chi connectivity index (χ4v) is 4.42. The van der Waals surface area contributed by atoms with Crippen LogP contribution in [0, 0.1) is 0 Å². The van der Waals surface area contributed by atoms with E-state index < -0.39 is 5.97 Å². The summed E-state index contributed by atoms with van der Waals surface area (Å²) in [5.74, 6) is -1.30. The number of carboxylic acid groups (broad SMARTS) is 1. The van der Waals surface area contributed by atoms with Crippen molar-refractivity contribution in [3.8, 4) is 0 Å². The van der Waals surface area contributed by atoms with E-state index in [9.17, 15) is 19.5 Å². The van der Waals surface area contributed by atoms with Crippen molar-refractivity contribution in [1.82, 2.24) is 5.32 Å². The van der Waals surface area contributed by atoms with Crippen LogP contribution in [0.15, 0.2) is 66.7 Å². The molecule has 190 valence electrons. The average Bonchev–Trinajstić information content (AvgIpc) is 3.17. The number of benzene rings is 3. The first-order chi connectivity index (χ1) is 17.8. The Kier molecular flexibility index (Phi) is 7.91. The van der Waals surface area contributed by atoms with E-state index >= 15 is 0 Å². The van der Waals surface area contributed by atoms with E-state index in [-0.39, 0.29) is 18.2 Å². The molecule has 0 saturated heterocycles. The first-order valence-corrected chi connectivity index (χ1v) is 12.1. The molecule has 0 unspecified atom stereocenters. The Hall–Kier alpha value is -4.14. The lowest BCUT2D eigenvalue weighted by Gasteiger charge is -2.22. The normalized spacial score (nSPS) is 13.5. The van der Waals surface area contributed by atoms with Gasteiger partial charge in [-0.25, -0.2) is 0 Å². The van der Waals surface area contributed by atoms with Gasteiger partial charge in [-0.2, -0.15) is 0 Å². The minimum absolute atomic E-state index is 0.0630. The van der Waals surface area contributed by atoms with Crippen LogP contribution in [0.5, 0.6) is 0 Å². The van der Waals surface area contributed by atoms with E-state index in [1.54, 1.807) is 41.3 Å². The Morgan fingerprint density at radius 3 is 2.49 bits per heavy atom. The molecule has 0 radical (unpaired) electrons. The lowest BCUT2D eigenvalue weighted by atomic mass is 9.98. The van der Waals surface area contributed by atoms with E-state index in [1.165, 1.54) is 6.92 Å². The largest absolute Gasteiger partial charge is 0.481 e. The summed E-state index contributed by atoms with van der Waals surface area (Å²) >= 11 is 6.14. The number of carboxylic acids is 1. The molecule has 0 atom stereocenters. The number of anilines is 3. The summed E-state index contributed by atoms with van der Waals surface area (Å²) < 4.78 is 0. The van der Waals surface area contributed by atoms with Crippen molar-refractivity contribution in [2.45, 2.75) is 13.3 Å². The van der Waals surface area contributed by atoms with E-state index in [1.807, 2.05) is 37.4 Å². The second kappa shape index (κ2) is 11.3. The van der Waals surface area contributed by atoms with Crippen LogP contribution in [0.3, 0.4) is 0 Å². The highest BCUT2D eigenvalue weighted by molar-refractivity contribution is 6.38. The molecule has 8 nitrogen and oxygen atoms in total. The zero-order chi connectivity index (χ0) is 26.5. The van der Waals surface area contributed by atoms with Gasteiger partial charge >= 0.3 is 5.97 Å². The smallest absolute Gasteiger partial charge is 0.307 e. The predicted octanol–water partition coefficient (Wildman–Crippen LogP) is 4.47. The molecule has 0 saturated carbocycles. The fourth-order valence-electron chi connectivity index (χ4n) is 4.24. The van der Waals surface area contributed by atoms with Gasteiger partial charge in [-0.15, -0.1) is 0 Å². The van der Waals surface area contributed by atoms with Gasteiger partial charge in [0, 0.05) is 42.0 Å². The molecule has 0 aromatic heterocycles. The maximum atomic E-state index is 13.1. The van der Waals surface area contributed by atoms with Crippen molar-refractivity contribution in [1.29, 1.82) is 0 Å². The number of carbonyl (C=O) groups is 3. The number of fused-ring (bicyclic) bond motifs is 1. The molecule has 3 aromatic rings. The number of halogens is 1. The van der Waals surface area contributed by atoms with Crippen molar-refractivity contribution in [2.75, 3.05) is 35.7 Å². The molecular weight excluding hydrogens is 492 g/mol. The van der Waals surface area contributed by atoms with Crippen molar-refractivity contribution in [3.05, 3.63) is 88.4 Å². The lowest BCUT2D eigenvalue weighted by Crippen LogP contribution is -2.34. The van der Waals surface area contributed by atoms with Crippen molar-refractivity contribution in [3.63, 3.8) is 0 Å². The Labute approximate surface area is 219 Å². The Morgan fingerprint density at radius 1 is 1.05 bits per heavy atom. The van der Waals surface area contributed by atoms with E-state index in [0.29, 0.717) is 57.4 Å². The number of rotatable bonds is 9. The van der Waals surface area contributed by atoms with Crippen LogP contribution in [0.1, 0.15) is 23.6 Å². The van der Waals surface area contributed by atoms with Crippen LogP contribution in [0.2, 0.25) is 5.02 Å². The Morgan fingerprint density at radius 2 is 1.81 bits per heavy atom. The van der Waals surface area contributed by atoms with Crippen LogP contribution >= 0.6 is 11.6 Å². The van der Waals surface area contributed by atoms with Gasteiger partial charge in [0.15, 0.2) is 0 Å². The highest BCUT2D eigenvalue weighted by Crippen LogP contribution is 2.39. The number of hydrogen-bond acceptors (Lipinski definition) is 5. The highest BCUT2D eigenvalue weighted by Gasteiger charge is 2.29. The number of nitrogens with zero attached hydrogens (tertiary/aromatic N) is 1.